The van der Waals surface area contributed by atoms with Crippen LogP contribution in [0.15, 0.2) is 34.2 Å². The Balaban J connectivity index is 1.32. The van der Waals surface area contributed by atoms with E-state index in [-0.39, 0.29) is 17.9 Å². The zero-order chi connectivity index (χ0) is 18.1. The van der Waals surface area contributed by atoms with E-state index in [1.54, 1.807) is 23.8 Å². The van der Waals surface area contributed by atoms with Crippen LogP contribution in [0.3, 0.4) is 0 Å². The molecule has 2 aliphatic heterocycles. The zero-order valence-electron chi connectivity index (χ0n) is 14.4. The standard InChI is InChI=1S/C17H22N4O3S2/c22-17(13-3-4-15-10-18-12-21(15)11-13)20-7-5-14(6-8-20)19-26(23,24)16-2-1-9-25-16/h1-2,9-10,12-14,19H,3-8,11H2. The van der Waals surface area contributed by atoms with Crippen molar-refractivity contribution in [2.45, 2.75) is 42.5 Å². The first-order chi connectivity index (χ1) is 12.5. The maximum Gasteiger partial charge on any atom is 0.250 e. The Hall–Kier alpha value is -1.71. The van der Waals surface area contributed by atoms with Gasteiger partial charge in [0.15, 0.2) is 0 Å². The van der Waals surface area contributed by atoms with Crippen molar-refractivity contribution in [3.05, 3.63) is 35.7 Å². The number of carbonyl (C=O) groups is 1. The number of fused-ring (bicyclic) bond motifs is 1. The fraction of sp³-hybridized carbons (Fsp3) is 0.529. The number of aromatic nitrogens is 2. The van der Waals surface area contributed by atoms with Crippen LogP contribution in [-0.2, 0) is 27.8 Å². The van der Waals surface area contributed by atoms with Gasteiger partial charge in [0.05, 0.1) is 12.2 Å². The molecule has 1 amide bonds. The molecule has 2 aliphatic rings. The summed E-state index contributed by atoms with van der Waals surface area (Å²) in [7, 11) is -3.45. The highest BCUT2D eigenvalue weighted by Gasteiger charge is 2.32. The van der Waals surface area contributed by atoms with Crippen LogP contribution in [0.5, 0.6) is 0 Å². The highest BCUT2D eigenvalue weighted by atomic mass is 32.2. The molecule has 26 heavy (non-hydrogen) atoms. The molecule has 0 bridgehead atoms. The van der Waals surface area contributed by atoms with Gasteiger partial charge in [-0.1, -0.05) is 6.07 Å². The Labute approximate surface area is 157 Å². The Morgan fingerprint density at radius 1 is 1.27 bits per heavy atom. The summed E-state index contributed by atoms with van der Waals surface area (Å²) >= 11 is 1.22. The van der Waals surface area contributed by atoms with Crippen LogP contribution in [0.4, 0.5) is 0 Å². The largest absolute Gasteiger partial charge is 0.342 e. The van der Waals surface area contributed by atoms with Crippen molar-refractivity contribution in [2.75, 3.05) is 13.1 Å². The maximum absolute atomic E-state index is 12.8. The lowest BCUT2D eigenvalue weighted by atomic mass is 9.95. The molecule has 1 fully saturated rings. The number of imidazole rings is 1. The predicted octanol–water partition coefficient (Wildman–Crippen LogP) is 1.48. The average Bonchev–Trinajstić information content (AvgIpc) is 3.33. The second-order valence-corrected chi connectivity index (χ2v) is 9.81. The first-order valence-corrected chi connectivity index (χ1v) is 11.2. The number of aryl methyl sites for hydroxylation is 1. The van der Waals surface area contributed by atoms with Crippen LogP contribution in [0.1, 0.15) is 25.0 Å². The van der Waals surface area contributed by atoms with E-state index in [1.165, 1.54) is 17.0 Å². The molecular weight excluding hydrogens is 372 g/mol. The number of nitrogens with zero attached hydrogens (tertiary/aromatic N) is 3. The molecule has 140 valence electrons. The van der Waals surface area contributed by atoms with Crippen molar-refractivity contribution >= 4 is 27.3 Å². The number of piperidine rings is 1. The number of rotatable bonds is 4. The maximum atomic E-state index is 12.8. The quantitative estimate of drug-likeness (QED) is 0.851. The fourth-order valence-corrected chi connectivity index (χ4v) is 6.06. The molecule has 4 rings (SSSR count). The summed E-state index contributed by atoms with van der Waals surface area (Å²) in [5.41, 5.74) is 1.19. The third-order valence-electron chi connectivity index (χ3n) is 5.20. The van der Waals surface area contributed by atoms with Crippen LogP contribution in [0.25, 0.3) is 0 Å². The molecule has 9 heteroatoms. The molecule has 0 spiro atoms. The minimum Gasteiger partial charge on any atom is -0.342 e. The van der Waals surface area contributed by atoms with Crippen LogP contribution in [-0.4, -0.2) is 47.9 Å². The van der Waals surface area contributed by atoms with E-state index in [4.69, 9.17) is 0 Å². The van der Waals surface area contributed by atoms with Crippen LogP contribution in [0.2, 0.25) is 0 Å². The summed E-state index contributed by atoms with van der Waals surface area (Å²) in [6.45, 7) is 1.90. The molecule has 0 saturated carbocycles. The molecular formula is C17H22N4O3S2. The highest BCUT2D eigenvalue weighted by molar-refractivity contribution is 7.91. The minimum absolute atomic E-state index is 0.00365. The average molecular weight is 395 g/mol. The molecule has 1 N–H and O–H groups in total. The molecule has 0 radical (unpaired) electrons. The van der Waals surface area contributed by atoms with Gasteiger partial charge in [0.25, 0.3) is 0 Å². The smallest absolute Gasteiger partial charge is 0.250 e. The molecule has 7 nitrogen and oxygen atoms in total. The van der Waals surface area contributed by atoms with E-state index in [0.29, 0.717) is 36.7 Å². The van der Waals surface area contributed by atoms with Crippen molar-refractivity contribution < 1.29 is 13.2 Å². The highest BCUT2D eigenvalue weighted by Crippen LogP contribution is 2.24. The number of carbonyl (C=O) groups excluding carboxylic acids is 1. The van der Waals surface area contributed by atoms with E-state index in [2.05, 4.69) is 14.3 Å². The molecule has 4 heterocycles. The normalized spacial score (nSPS) is 21.5. The molecule has 1 atom stereocenters. The summed E-state index contributed by atoms with van der Waals surface area (Å²) in [6, 6.07) is 3.23. The molecule has 1 unspecified atom stereocenters. The van der Waals surface area contributed by atoms with Gasteiger partial charge in [-0.05, 0) is 37.1 Å². The Bertz CT molecular complexity index is 868. The lowest BCUT2D eigenvalue weighted by molar-refractivity contribution is -0.137. The summed E-state index contributed by atoms with van der Waals surface area (Å²) in [5.74, 6) is 0.181. The number of hydrogen-bond acceptors (Lipinski definition) is 5. The molecule has 0 aromatic carbocycles. The molecule has 2 aromatic heterocycles. The van der Waals surface area contributed by atoms with Crippen LogP contribution in [0, 0.1) is 5.92 Å². The van der Waals surface area contributed by atoms with Crippen LogP contribution >= 0.6 is 11.3 Å². The van der Waals surface area contributed by atoms with Crippen molar-refractivity contribution in [1.29, 1.82) is 0 Å². The van der Waals surface area contributed by atoms with E-state index >= 15 is 0 Å². The second-order valence-electron chi connectivity index (χ2n) is 6.93. The third kappa shape index (κ3) is 3.56. The summed E-state index contributed by atoms with van der Waals surface area (Å²) in [4.78, 5) is 18.9. The second kappa shape index (κ2) is 7.13. The fourth-order valence-electron chi connectivity index (χ4n) is 3.74. The van der Waals surface area contributed by atoms with E-state index in [0.717, 1.165) is 12.8 Å². The third-order valence-corrected chi connectivity index (χ3v) is 8.12. The van der Waals surface area contributed by atoms with Crippen LogP contribution < -0.4 is 4.72 Å². The molecule has 1 saturated heterocycles. The van der Waals surface area contributed by atoms with Crippen molar-refractivity contribution in [2.24, 2.45) is 5.92 Å². The summed E-state index contributed by atoms with van der Waals surface area (Å²) < 4.78 is 29.8. The van der Waals surface area contributed by atoms with Gasteiger partial charge in [-0.3, -0.25) is 4.79 Å². The van der Waals surface area contributed by atoms with Gasteiger partial charge in [-0.15, -0.1) is 11.3 Å². The van der Waals surface area contributed by atoms with Gasteiger partial charge < -0.3 is 9.47 Å². The SMILES string of the molecule is O=C(C1CCc2cncn2C1)N1CCC(NS(=O)(=O)c2cccs2)CC1. The monoisotopic (exact) mass is 394 g/mol. The Kier molecular flexibility index (Phi) is 4.85. The van der Waals surface area contributed by atoms with Gasteiger partial charge in [0.2, 0.25) is 15.9 Å². The van der Waals surface area contributed by atoms with Crippen molar-refractivity contribution in [1.82, 2.24) is 19.2 Å². The van der Waals surface area contributed by atoms with Gasteiger partial charge in [0, 0.05) is 37.6 Å². The lowest BCUT2D eigenvalue weighted by Crippen LogP contribution is -2.48. The van der Waals surface area contributed by atoms with Gasteiger partial charge >= 0.3 is 0 Å². The number of amides is 1. The topological polar surface area (TPSA) is 84.3 Å². The zero-order valence-corrected chi connectivity index (χ0v) is 16.0. The molecule has 2 aromatic rings. The summed E-state index contributed by atoms with van der Waals surface area (Å²) in [5, 5.41) is 1.76. The van der Waals surface area contributed by atoms with Gasteiger partial charge in [-0.2, -0.15) is 0 Å². The first-order valence-electron chi connectivity index (χ1n) is 8.86. The number of hydrogen-bond donors (Lipinski definition) is 1. The Morgan fingerprint density at radius 2 is 2.08 bits per heavy atom. The van der Waals surface area contributed by atoms with E-state index < -0.39 is 10.0 Å². The first kappa shape index (κ1) is 17.7. The van der Waals surface area contributed by atoms with Gasteiger partial charge in [-0.25, -0.2) is 18.1 Å². The van der Waals surface area contributed by atoms with E-state index in [9.17, 15) is 13.2 Å². The lowest BCUT2D eigenvalue weighted by Gasteiger charge is -2.35. The Morgan fingerprint density at radius 3 is 2.81 bits per heavy atom. The van der Waals surface area contributed by atoms with Crippen molar-refractivity contribution in [3.63, 3.8) is 0 Å². The van der Waals surface area contributed by atoms with E-state index in [1.807, 2.05) is 11.1 Å². The number of nitrogens with one attached hydrogen (secondary N) is 1. The predicted molar refractivity (Wildman–Crippen MR) is 98.3 cm³/mol. The minimum atomic E-state index is -3.45. The van der Waals surface area contributed by atoms with Gasteiger partial charge in [0.1, 0.15) is 4.21 Å². The molecule has 0 aliphatic carbocycles. The number of likely N-dealkylation sites (tertiary alicyclic amines) is 1. The van der Waals surface area contributed by atoms with Crippen molar-refractivity contribution in [3.8, 4) is 0 Å². The number of sulfonamides is 1. The number of thiophene rings is 1. The summed E-state index contributed by atoms with van der Waals surface area (Å²) in [6.07, 6.45) is 6.70.